The monoisotopic (exact) mass is 401 g/mol. The van der Waals surface area contributed by atoms with E-state index < -0.39 is 0 Å². The third kappa shape index (κ3) is 5.86. The molecule has 158 valence electrons. The van der Waals surface area contributed by atoms with Crippen LogP contribution in [0.3, 0.4) is 0 Å². The maximum atomic E-state index is 12.8. The predicted molar refractivity (Wildman–Crippen MR) is 110 cm³/mol. The van der Waals surface area contributed by atoms with Crippen molar-refractivity contribution in [2.75, 3.05) is 26.8 Å². The quantitative estimate of drug-likeness (QED) is 0.549. The van der Waals surface area contributed by atoms with Gasteiger partial charge in [0.05, 0.1) is 31.0 Å². The highest BCUT2D eigenvalue weighted by atomic mass is 16.7. The number of carbonyl (C=O) groups is 1. The fourth-order valence-electron chi connectivity index (χ4n) is 3.34. The number of hydrogen-bond acceptors (Lipinski definition) is 6. The van der Waals surface area contributed by atoms with Crippen LogP contribution in [-0.4, -0.2) is 54.8 Å². The number of nitrogens with one attached hydrogen (secondary N) is 2. The molecular weight excluding hydrogens is 370 g/mol. The van der Waals surface area contributed by atoms with Crippen molar-refractivity contribution in [1.29, 1.82) is 0 Å². The van der Waals surface area contributed by atoms with E-state index in [4.69, 9.17) is 15.2 Å². The third-order valence-corrected chi connectivity index (χ3v) is 4.92. The summed E-state index contributed by atoms with van der Waals surface area (Å²) in [6.07, 6.45) is 1.24. The van der Waals surface area contributed by atoms with Crippen molar-refractivity contribution in [1.82, 2.24) is 20.4 Å². The summed E-state index contributed by atoms with van der Waals surface area (Å²) < 4.78 is 12.9. The van der Waals surface area contributed by atoms with E-state index in [0.29, 0.717) is 32.0 Å². The van der Waals surface area contributed by atoms with Gasteiger partial charge in [-0.1, -0.05) is 30.3 Å². The van der Waals surface area contributed by atoms with Crippen LogP contribution in [0.25, 0.3) is 0 Å². The molecule has 0 spiro atoms. The molecule has 2 heterocycles. The van der Waals surface area contributed by atoms with Crippen LogP contribution in [0.2, 0.25) is 0 Å². The lowest BCUT2D eigenvalue weighted by atomic mass is 10.1. The van der Waals surface area contributed by atoms with E-state index in [0.717, 1.165) is 24.1 Å². The molecule has 1 aromatic carbocycles. The summed E-state index contributed by atoms with van der Waals surface area (Å²) in [7, 11) is 1.86. The summed E-state index contributed by atoms with van der Waals surface area (Å²) in [6, 6.07) is 11.8. The summed E-state index contributed by atoms with van der Waals surface area (Å²) in [6.45, 7) is 4.22. The van der Waals surface area contributed by atoms with E-state index in [2.05, 4.69) is 15.7 Å². The van der Waals surface area contributed by atoms with Gasteiger partial charge in [0.1, 0.15) is 5.69 Å². The average molecular weight is 402 g/mol. The summed E-state index contributed by atoms with van der Waals surface area (Å²) >= 11 is 0. The lowest BCUT2D eigenvalue weighted by molar-refractivity contribution is -0.188. The Kier molecular flexibility index (Phi) is 7.76. The molecule has 4 N–H and O–H groups in total. The Morgan fingerprint density at radius 2 is 2.03 bits per heavy atom. The molecule has 0 radical (unpaired) electrons. The van der Waals surface area contributed by atoms with E-state index in [-0.39, 0.29) is 24.3 Å². The van der Waals surface area contributed by atoms with Crippen LogP contribution < -0.4 is 16.4 Å². The first-order valence-electron chi connectivity index (χ1n) is 10.1. The number of carbonyl (C=O) groups excluding carboxylic acids is 1. The minimum absolute atomic E-state index is 0.0456. The second-order valence-corrected chi connectivity index (χ2v) is 7.34. The predicted octanol–water partition coefficient (Wildman–Crippen LogP) is 1.42. The first-order chi connectivity index (χ1) is 14.1. The van der Waals surface area contributed by atoms with Crippen LogP contribution in [0, 0.1) is 0 Å². The Morgan fingerprint density at radius 3 is 2.72 bits per heavy atom. The van der Waals surface area contributed by atoms with Gasteiger partial charge in [0.2, 0.25) is 0 Å². The number of amides is 1. The molecule has 2 aromatic rings. The first-order valence-corrected chi connectivity index (χ1v) is 10.1. The van der Waals surface area contributed by atoms with Gasteiger partial charge in [-0.05, 0) is 32.0 Å². The molecule has 3 rings (SSSR count). The van der Waals surface area contributed by atoms with Crippen LogP contribution >= 0.6 is 0 Å². The molecule has 1 aliphatic rings. The highest BCUT2D eigenvalue weighted by Crippen LogP contribution is 2.20. The average Bonchev–Trinajstić information content (AvgIpc) is 3.17. The summed E-state index contributed by atoms with van der Waals surface area (Å²) in [5.74, 6) is -0.130. The molecule has 1 amide bonds. The molecule has 1 atom stereocenters. The maximum Gasteiger partial charge on any atom is 0.269 e. The van der Waals surface area contributed by atoms with Crippen molar-refractivity contribution in [2.45, 2.75) is 44.7 Å². The van der Waals surface area contributed by atoms with Crippen LogP contribution in [0.15, 0.2) is 36.4 Å². The van der Waals surface area contributed by atoms with E-state index in [1.807, 2.05) is 50.4 Å². The van der Waals surface area contributed by atoms with Gasteiger partial charge in [-0.25, -0.2) is 0 Å². The van der Waals surface area contributed by atoms with E-state index >= 15 is 0 Å². The van der Waals surface area contributed by atoms with Gasteiger partial charge in [0, 0.05) is 19.5 Å². The normalized spacial score (nSPS) is 20.4. The molecule has 1 aromatic heterocycles. The van der Waals surface area contributed by atoms with Crippen molar-refractivity contribution < 1.29 is 14.3 Å². The van der Waals surface area contributed by atoms with Crippen LogP contribution in [0.5, 0.6) is 0 Å². The van der Waals surface area contributed by atoms with Gasteiger partial charge < -0.3 is 25.8 Å². The van der Waals surface area contributed by atoms with Crippen molar-refractivity contribution in [2.24, 2.45) is 5.73 Å². The van der Waals surface area contributed by atoms with Crippen molar-refractivity contribution >= 4 is 5.91 Å². The number of nitrogens with two attached hydrogens (primary N) is 1. The Labute approximate surface area is 171 Å². The lowest BCUT2D eigenvalue weighted by Gasteiger charge is -2.27. The standard InChI is InChI=1S/C21H31N5O3/c1-15(16-7-4-3-5-8-16)26-19(11-18(25-26)12-23-2)21(27)24-10-6-9-20-28-13-17(22)14-29-20/h3-5,7-8,11,15,17,20,23H,6,9-10,12-14,22H2,1-2H3,(H,24,27). The zero-order chi connectivity index (χ0) is 20.6. The fourth-order valence-corrected chi connectivity index (χ4v) is 3.34. The van der Waals surface area contributed by atoms with Crippen molar-refractivity contribution in [3.05, 3.63) is 53.3 Å². The first kappa shape index (κ1) is 21.4. The van der Waals surface area contributed by atoms with Crippen LogP contribution in [0.1, 0.15) is 47.6 Å². The molecule has 8 heteroatoms. The Morgan fingerprint density at radius 1 is 1.31 bits per heavy atom. The van der Waals surface area contributed by atoms with Crippen molar-refractivity contribution in [3.8, 4) is 0 Å². The van der Waals surface area contributed by atoms with Gasteiger partial charge in [-0.2, -0.15) is 5.10 Å². The van der Waals surface area contributed by atoms with Gasteiger partial charge >= 0.3 is 0 Å². The molecule has 0 aliphatic carbocycles. The SMILES string of the molecule is CNCc1cc(C(=O)NCCCC2OCC(N)CO2)n(C(C)c2ccccc2)n1. The van der Waals surface area contributed by atoms with Gasteiger partial charge in [0.25, 0.3) is 5.91 Å². The Balaban J connectivity index is 1.60. The molecule has 1 aliphatic heterocycles. The molecule has 0 bridgehead atoms. The van der Waals surface area contributed by atoms with Gasteiger partial charge in [-0.15, -0.1) is 0 Å². The molecule has 1 fully saturated rings. The maximum absolute atomic E-state index is 12.8. The molecule has 8 nitrogen and oxygen atoms in total. The second-order valence-electron chi connectivity index (χ2n) is 7.34. The number of nitrogens with zero attached hydrogens (tertiary/aromatic N) is 2. The van der Waals surface area contributed by atoms with Gasteiger partial charge in [-0.3, -0.25) is 9.48 Å². The second kappa shape index (κ2) is 10.5. The van der Waals surface area contributed by atoms with Crippen molar-refractivity contribution in [3.63, 3.8) is 0 Å². The summed E-state index contributed by atoms with van der Waals surface area (Å²) in [5.41, 5.74) is 8.23. The summed E-state index contributed by atoms with van der Waals surface area (Å²) in [5, 5.41) is 10.7. The van der Waals surface area contributed by atoms with Crippen LogP contribution in [-0.2, 0) is 16.0 Å². The fraction of sp³-hybridized carbons (Fsp3) is 0.524. The van der Waals surface area contributed by atoms with E-state index in [1.54, 1.807) is 4.68 Å². The van der Waals surface area contributed by atoms with Crippen LogP contribution in [0.4, 0.5) is 0 Å². The largest absolute Gasteiger partial charge is 0.351 e. The zero-order valence-electron chi connectivity index (χ0n) is 17.1. The molecule has 0 saturated carbocycles. The third-order valence-electron chi connectivity index (χ3n) is 4.92. The summed E-state index contributed by atoms with van der Waals surface area (Å²) in [4.78, 5) is 12.8. The smallest absolute Gasteiger partial charge is 0.269 e. The van der Waals surface area contributed by atoms with E-state index in [1.165, 1.54) is 0 Å². The minimum atomic E-state index is -0.238. The Bertz CT molecular complexity index is 772. The zero-order valence-corrected chi connectivity index (χ0v) is 17.1. The Hall–Kier alpha value is -2.26. The molecule has 29 heavy (non-hydrogen) atoms. The highest BCUT2D eigenvalue weighted by molar-refractivity contribution is 5.92. The number of aromatic nitrogens is 2. The highest BCUT2D eigenvalue weighted by Gasteiger charge is 2.21. The molecule has 1 unspecified atom stereocenters. The number of hydrogen-bond donors (Lipinski definition) is 3. The topological polar surface area (TPSA) is 103 Å². The minimum Gasteiger partial charge on any atom is -0.351 e. The number of benzene rings is 1. The van der Waals surface area contributed by atoms with E-state index in [9.17, 15) is 4.79 Å². The van der Waals surface area contributed by atoms with Gasteiger partial charge in [0.15, 0.2) is 6.29 Å². The number of rotatable bonds is 9. The molecule has 1 saturated heterocycles. The molecular formula is C21H31N5O3. The lowest BCUT2D eigenvalue weighted by Crippen LogP contribution is -2.41. The number of ether oxygens (including phenoxy) is 2.